The zero-order chi connectivity index (χ0) is 26.1. The van der Waals surface area contributed by atoms with E-state index in [0.29, 0.717) is 22.9 Å². The van der Waals surface area contributed by atoms with Crippen LogP contribution < -0.4 is 10.1 Å². The molecule has 0 spiro atoms. The number of hydrogen-bond acceptors (Lipinski definition) is 4. The van der Waals surface area contributed by atoms with Crippen LogP contribution in [0.25, 0.3) is 0 Å². The van der Waals surface area contributed by atoms with Gasteiger partial charge in [-0.05, 0) is 47.7 Å². The van der Waals surface area contributed by atoms with Crippen molar-refractivity contribution in [3.05, 3.63) is 70.2 Å². The second kappa shape index (κ2) is 19.4. The number of ether oxygens (including phenoxy) is 1. The van der Waals surface area contributed by atoms with Crippen LogP contribution >= 0.6 is 40.3 Å². The summed E-state index contributed by atoms with van der Waals surface area (Å²) in [6, 6.07) is 13.2. The lowest BCUT2D eigenvalue weighted by molar-refractivity contribution is 0.102. The predicted octanol–water partition coefficient (Wildman–Crippen LogP) is 10.2. The number of rotatable bonds is 18. The van der Waals surface area contributed by atoms with Crippen LogP contribution in [0.2, 0.25) is 5.02 Å². The van der Waals surface area contributed by atoms with E-state index in [0.717, 1.165) is 24.5 Å². The van der Waals surface area contributed by atoms with Crippen LogP contribution in [0.1, 0.15) is 99.9 Å². The second-order valence-corrected chi connectivity index (χ2v) is 11.1. The second-order valence-electron chi connectivity index (χ2n) is 9.86. The molecule has 0 radical (unpaired) electrons. The smallest absolute Gasteiger partial charge is 0.257 e. The molecule has 1 aliphatic heterocycles. The summed E-state index contributed by atoms with van der Waals surface area (Å²) in [4.78, 5) is 15.0. The molecule has 0 saturated heterocycles. The fourth-order valence-electron chi connectivity index (χ4n) is 4.44. The van der Waals surface area contributed by atoms with Crippen LogP contribution in [-0.2, 0) is 6.54 Å². The molecule has 0 saturated carbocycles. The summed E-state index contributed by atoms with van der Waals surface area (Å²) in [7, 11) is 0. The van der Waals surface area contributed by atoms with Crippen LogP contribution in [0, 0.1) is 0 Å². The van der Waals surface area contributed by atoms with E-state index in [2.05, 4.69) is 28.7 Å². The monoisotopic (exact) mass is 622 g/mol. The van der Waals surface area contributed by atoms with E-state index >= 15 is 0 Å². The molecule has 2 aromatic rings. The molecule has 0 atom stereocenters. The molecule has 0 aromatic heterocycles. The van der Waals surface area contributed by atoms with Crippen molar-refractivity contribution in [3.8, 4) is 5.75 Å². The fraction of sp³-hybridized carbons (Fsp3) is 0.516. The summed E-state index contributed by atoms with van der Waals surface area (Å²) in [5.74, 6) is 1.48. The molecule has 0 aliphatic carbocycles. The van der Waals surface area contributed by atoms with Gasteiger partial charge in [0.05, 0.1) is 23.1 Å². The van der Waals surface area contributed by atoms with Gasteiger partial charge in [-0.2, -0.15) is 0 Å². The lowest BCUT2D eigenvalue weighted by atomic mass is 10.1. The molecule has 1 N–H and O–H groups in total. The van der Waals surface area contributed by atoms with Crippen LogP contribution in [0.4, 0.5) is 5.69 Å². The predicted molar refractivity (Wildman–Crippen MR) is 170 cm³/mol. The molecule has 0 unspecified atom stereocenters. The number of amides is 1. The van der Waals surface area contributed by atoms with Gasteiger partial charge in [0.15, 0.2) is 0 Å². The third kappa shape index (κ3) is 12.5. The van der Waals surface area contributed by atoms with Crippen molar-refractivity contribution in [3.63, 3.8) is 0 Å². The highest BCUT2D eigenvalue weighted by atomic mass is 79.9. The minimum Gasteiger partial charge on any atom is -0.494 e. The number of hydrogen-bond donors (Lipinski definition) is 1. The zero-order valence-electron chi connectivity index (χ0n) is 22.8. The SMILES string of the molecule is Br.CCCCCCCCCCCCCCOc1ccc(C(=O)Nc2ccc(CN3C=CSC3)cc2)c(Cl)c1. The molecule has 1 aliphatic rings. The Morgan fingerprint density at radius 2 is 1.55 bits per heavy atom. The van der Waals surface area contributed by atoms with E-state index in [1.807, 2.05) is 30.3 Å². The van der Waals surface area contributed by atoms with Gasteiger partial charge in [-0.25, -0.2) is 0 Å². The Hall–Kier alpha value is -1.63. The van der Waals surface area contributed by atoms with Crippen molar-refractivity contribution in [2.75, 3.05) is 17.8 Å². The highest BCUT2D eigenvalue weighted by Gasteiger charge is 2.12. The molecule has 0 fully saturated rings. The molecule has 2 aromatic carbocycles. The fourth-order valence-corrected chi connectivity index (χ4v) is 5.41. The minimum absolute atomic E-state index is 0. The lowest BCUT2D eigenvalue weighted by Gasteiger charge is -2.15. The third-order valence-electron chi connectivity index (χ3n) is 6.66. The van der Waals surface area contributed by atoms with Crippen molar-refractivity contribution in [2.45, 2.75) is 90.5 Å². The summed E-state index contributed by atoms with van der Waals surface area (Å²) in [5.41, 5.74) is 2.41. The molecule has 0 bridgehead atoms. The van der Waals surface area contributed by atoms with Crippen LogP contribution in [-0.4, -0.2) is 23.3 Å². The van der Waals surface area contributed by atoms with Gasteiger partial charge in [-0.15, -0.1) is 28.7 Å². The maximum absolute atomic E-state index is 12.7. The number of benzene rings is 2. The maximum Gasteiger partial charge on any atom is 0.257 e. The largest absolute Gasteiger partial charge is 0.494 e. The van der Waals surface area contributed by atoms with Gasteiger partial charge in [0.25, 0.3) is 5.91 Å². The molecular formula is C31H44BrClN2O2S. The van der Waals surface area contributed by atoms with Gasteiger partial charge in [0.2, 0.25) is 0 Å². The van der Waals surface area contributed by atoms with Crippen molar-refractivity contribution in [1.82, 2.24) is 4.90 Å². The normalized spacial score (nSPS) is 12.4. The summed E-state index contributed by atoms with van der Waals surface area (Å²) >= 11 is 8.21. The molecule has 4 nitrogen and oxygen atoms in total. The number of carbonyl (C=O) groups is 1. The molecule has 3 rings (SSSR count). The van der Waals surface area contributed by atoms with Crippen LogP contribution in [0.3, 0.4) is 0 Å². The molecule has 1 amide bonds. The summed E-state index contributed by atoms with van der Waals surface area (Å²) in [6.07, 6.45) is 18.0. The van der Waals surface area contributed by atoms with E-state index in [1.54, 1.807) is 23.9 Å². The Morgan fingerprint density at radius 3 is 2.13 bits per heavy atom. The van der Waals surface area contributed by atoms with E-state index in [1.165, 1.54) is 76.2 Å². The Morgan fingerprint density at radius 1 is 0.921 bits per heavy atom. The van der Waals surface area contributed by atoms with Gasteiger partial charge < -0.3 is 15.0 Å². The number of anilines is 1. The first-order chi connectivity index (χ1) is 18.2. The van der Waals surface area contributed by atoms with Crippen LogP contribution in [0.15, 0.2) is 54.1 Å². The first kappa shape index (κ1) is 32.6. The van der Waals surface area contributed by atoms with Gasteiger partial charge in [0.1, 0.15) is 5.75 Å². The van der Waals surface area contributed by atoms with Crippen molar-refractivity contribution >= 4 is 51.9 Å². The summed E-state index contributed by atoms with van der Waals surface area (Å²) in [6.45, 7) is 3.81. The van der Waals surface area contributed by atoms with E-state index in [4.69, 9.17) is 16.3 Å². The Labute approximate surface area is 249 Å². The number of nitrogens with zero attached hydrogens (tertiary/aromatic N) is 1. The van der Waals surface area contributed by atoms with E-state index in [9.17, 15) is 4.79 Å². The van der Waals surface area contributed by atoms with Gasteiger partial charge in [0, 0.05) is 18.4 Å². The molecular weight excluding hydrogens is 580 g/mol. The first-order valence-electron chi connectivity index (χ1n) is 14.0. The van der Waals surface area contributed by atoms with E-state index < -0.39 is 0 Å². The van der Waals surface area contributed by atoms with Gasteiger partial charge in [-0.3, -0.25) is 4.79 Å². The number of thioether (sulfide) groups is 1. The highest BCUT2D eigenvalue weighted by Crippen LogP contribution is 2.25. The number of carbonyl (C=O) groups excluding carboxylic acids is 1. The quantitative estimate of drug-likeness (QED) is 0.168. The molecule has 210 valence electrons. The number of unbranched alkanes of at least 4 members (excludes halogenated alkanes) is 11. The third-order valence-corrected chi connectivity index (χ3v) is 7.77. The van der Waals surface area contributed by atoms with Gasteiger partial charge >= 0.3 is 0 Å². The minimum atomic E-state index is -0.218. The Balaban J connectivity index is 0.00000507. The number of halogens is 2. The average molecular weight is 624 g/mol. The zero-order valence-corrected chi connectivity index (χ0v) is 26.0. The highest BCUT2D eigenvalue weighted by molar-refractivity contribution is 8.93. The maximum atomic E-state index is 12.7. The Kier molecular flexibility index (Phi) is 16.7. The molecule has 7 heteroatoms. The first-order valence-corrected chi connectivity index (χ1v) is 15.4. The standard InChI is InChI=1S/C31H43ClN2O2S.BrH/c1-2-3-4-5-6-7-8-9-10-11-12-13-21-36-28-18-19-29(30(32)23-28)31(35)33-27-16-14-26(15-17-27)24-34-20-22-37-25-34;/h14-20,22-23H,2-13,21,24-25H2,1H3,(H,33,35);1H. The van der Waals surface area contributed by atoms with Crippen LogP contribution in [0.5, 0.6) is 5.75 Å². The lowest BCUT2D eigenvalue weighted by Crippen LogP contribution is -2.14. The Bertz CT molecular complexity index is 971. The van der Waals surface area contributed by atoms with Gasteiger partial charge in [-0.1, -0.05) is 101 Å². The van der Waals surface area contributed by atoms with Crippen molar-refractivity contribution < 1.29 is 9.53 Å². The topological polar surface area (TPSA) is 41.6 Å². The summed E-state index contributed by atoms with van der Waals surface area (Å²) < 4.78 is 5.87. The molecule has 38 heavy (non-hydrogen) atoms. The van der Waals surface area contributed by atoms with E-state index in [-0.39, 0.29) is 22.9 Å². The summed E-state index contributed by atoms with van der Waals surface area (Å²) in [5, 5.41) is 5.45. The average Bonchev–Trinajstić information content (AvgIpc) is 3.41. The van der Waals surface area contributed by atoms with Crippen molar-refractivity contribution in [2.24, 2.45) is 0 Å². The number of nitrogens with one attached hydrogen (secondary N) is 1. The van der Waals surface area contributed by atoms with Crippen molar-refractivity contribution in [1.29, 1.82) is 0 Å². The molecule has 1 heterocycles.